The molecule has 1 N–H and O–H groups in total. The second-order valence-corrected chi connectivity index (χ2v) is 5.22. The maximum atomic E-state index is 11.6. The van der Waals surface area contributed by atoms with E-state index in [1.807, 2.05) is 0 Å². The molecular weight excluding hydrogens is 232 g/mol. The fourth-order valence-corrected chi connectivity index (χ4v) is 2.33. The lowest BCUT2D eigenvalue weighted by molar-refractivity contribution is -0.144. The van der Waals surface area contributed by atoms with Crippen molar-refractivity contribution in [3.05, 3.63) is 12.2 Å². The predicted octanol–water partition coefficient (Wildman–Crippen LogP) is 1.86. The average Bonchev–Trinajstić information content (AvgIpc) is 2.27. The van der Waals surface area contributed by atoms with Crippen LogP contribution in [0.1, 0.15) is 39.5 Å². The Morgan fingerprint density at radius 2 is 2.00 bits per heavy atom. The minimum Gasteiger partial charge on any atom is -0.465 e. The van der Waals surface area contributed by atoms with Crippen molar-refractivity contribution in [2.45, 2.75) is 45.6 Å². The number of hydrogen-bond donors (Lipinski definition) is 1. The molecule has 0 bridgehead atoms. The van der Waals surface area contributed by atoms with Crippen molar-refractivity contribution >= 4 is 11.8 Å². The Hall–Kier alpha value is -1.16. The van der Waals surface area contributed by atoms with Gasteiger partial charge in [-0.3, -0.25) is 9.59 Å². The van der Waals surface area contributed by atoms with Gasteiger partial charge in [-0.1, -0.05) is 6.58 Å². The van der Waals surface area contributed by atoms with Crippen LogP contribution in [0, 0.1) is 11.8 Å². The summed E-state index contributed by atoms with van der Waals surface area (Å²) < 4.78 is 4.93. The third-order valence-corrected chi connectivity index (χ3v) is 3.52. The van der Waals surface area contributed by atoms with Gasteiger partial charge in [0.1, 0.15) is 0 Å². The van der Waals surface area contributed by atoms with Gasteiger partial charge in [-0.15, -0.1) is 0 Å². The topological polar surface area (TPSA) is 63.6 Å². The number of Topliss-reactive ketones (excluding diaryl/α,β-unsaturated/α-hetero) is 1. The second-order valence-electron chi connectivity index (χ2n) is 5.22. The highest BCUT2D eigenvalue weighted by atomic mass is 16.5. The number of carbonyl (C=O) groups is 2. The molecule has 3 unspecified atom stereocenters. The van der Waals surface area contributed by atoms with Gasteiger partial charge in [0.15, 0.2) is 5.78 Å². The van der Waals surface area contributed by atoms with E-state index in [0.29, 0.717) is 18.4 Å². The minimum absolute atomic E-state index is 0.00470. The SMILES string of the molecule is C=C(C)C(=O)CC1CCC(COC(C)=O)C(O)C1. The number of hydrogen-bond acceptors (Lipinski definition) is 4. The van der Waals surface area contributed by atoms with E-state index >= 15 is 0 Å². The van der Waals surface area contributed by atoms with Crippen LogP contribution in [0.2, 0.25) is 0 Å². The molecule has 18 heavy (non-hydrogen) atoms. The Kier molecular flexibility index (Phi) is 5.54. The molecule has 102 valence electrons. The molecule has 0 radical (unpaired) electrons. The summed E-state index contributed by atoms with van der Waals surface area (Å²) in [6.07, 6.45) is 2.27. The zero-order chi connectivity index (χ0) is 13.7. The van der Waals surface area contributed by atoms with Gasteiger partial charge in [-0.2, -0.15) is 0 Å². The van der Waals surface area contributed by atoms with Gasteiger partial charge in [-0.05, 0) is 37.7 Å². The van der Waals surface area contributed by atoms with Crippen LogP contribution < -0.4 is 0 Å². The first kappa shape index (κ1) is 14.9. The van der Waals surface area contributed by atoms with Crippen LogP contribution in [-0.2, 0) is 14.3 Å². The highest BCUT2D eigenvalue weighted by Crippen LogP contribution is 2.32. The normalized spacial score (nSPS) is 27.6. The highest BCUT2D eigenvalue weighted by Gasteiger charge is 2.30. The van der Waals surface area contributed by atoms with Crippen molar-refractivity contribution in [3.8, 4) is 0 Å². The molecule has 0 aromatic rings. The van der Waals surface area contributed by atoms with Crippen LogP contribution >= 0.6 is 0 Å². The van der Waals surface area contributed by atoms with Gasteiger partial charge in [0.05, 0.1) is 12.7 Å². The summed E-state index contributed by atoms with van der Waals surface area (Å²) in [5.41, 5.74) is 0.575. The van der Waals surface area contributed by atoms with Crippen LogP contribution in [-0.4, -0.2) is 29.6 Å². The first-order valence-corrected chi connectivity index (χ1v) is 6.40. The zero-order valence-corrected chi connectivity index (χ0v) is 11.1. The Morgan fingerprint density at radius 1 is 1.33 bits per heavy atom. The van der Waals surface area contributed by atoms with Crippen molar-refractivity contribution < 1.29 is 19.4 Å². The molecule has 1 fully saturated rings. The van der Waals surface area contributed by atoms with Crippen molar-refractivity contribution in [2.75, 3.05) is 6.61 Å². The molecule has 0 aromatic carbocycles. The largest absolute Gasteiger partial charge is 0.465 e. The fourth-order valence-electron chi connectivity index (χ4n) is 2.33. The standard InChI is InChI=1S/C14H22O4/c1-9(2)13(16)6-11-4-5-12(14(17)7-11)8-18-10(3)15/h11-12,14,17H,1,4-8H2,2-3H3. The number of carbonyl (C=O) groups excluding carboxylic acids is 2. The molecule has 0 heterocycles. The average molecular weight is 254 g/mol. The van der Waals surface area contributed by atoms with Gasteiger partial charge in [0, 0.05) is 19.3 Å². The van der Waals surface area contributed by atoms with E-state index in [1.165, 1.54) is 6.92 Å². The van der Waals surface area contributed by atoms with Crippen molar-refractivity contribution in [2.24, 2.45) is 11.8 Å². The van der Waals surface area contributed by atoms with Crippen LogP contribution in [0.25, 0.3) is 0 Å². The van der Waals surface area contributed by atoms with Gasteiger partial charge >= 0.3 is 5.97 Å². The number of esters is 1. The number of ether oxygens (including phenoxy) is 1. The van der Waals surface area contributed by atoms with E-state index in [0.717, 1.165) is 12.8 Å². The third kappa shape index (κ3) is 4.61. The molecule has 4 heteroatoms. The molecule has 0 amide bonds. The summed E-state index contributed by atoms with van der Waals surface area (Å²) in [6, 6.07) is 0. The molecule has 3 atom stereocenters. The van der Waals surface area contributed by atoms with Gasteiger partial charge in [0.25, 0.3) is 0 Å². The molecule has 4 nitrogen and oxygen atoms in total. The lowest BCUT2D eigenvalue weighted by atomic mass is 9.78. The summed E-state index contributed by atoms with van der Waals surface area (Å²) in [5.74, 6) is -0.0183. The Balaban J connectivity index is 2.38. The smallest absolute Gasteiger partial charge is 0.302 e. The Labute approximate surface area is 108 Å². The monoisotopic (exact) mass is 254 g/mol. The van der Waals surface area contributed by atoms with E-state index in [9.17, 15) is 14.7 Å². The first-order valence-electron chi connectivity index (χ1n) is 6.40. The van der Waals surface area contributed by atoms with Gasteiger partial charge < -0.3 is 9.84 Å². The van der Waals surface area contributed by atoms with Crippen molar-refractivity contribution in [1.82, 2.24) is 0 Å². The summed E-state index contributed by atoms with van der Waals surface area (Å²) in [6.45, 7) is 6.99. The minimum atomic E-state index is -0.485. The van der Waals surface area contributed by atoms with Crippen LogP contribution in [0.4, 0.5) is 0 Å². The molecule has 1 aliphatic rings. The number of aliphatic hydroxyl groups excluding tert-OH is 1. The second kappa shape index (κ2) is 6.69. The van der Waals surface area contributed by atoms with Crippen molar-refractivity contribution in [3.63, 3.8) is 0 Å². The van der Waals surface area contributed by atoms with E-state index < -0.39 is 6.10 Å². The molecule has 0 spiro atoms. The van der Waals surface area contributed by atoms with E-state index in [4.69, 9.17) is 4.74 Å². The van der Waals surface area contributed by atoms with Gasteiger partial charge in [0.2, 0.25) is 0 Å². The summed E-state index contributed by atoms with van der Waals surface area (Å²) in [4.78, 5) is 22.3. The first-order chi connectivity index (χ1) is 8.40. The quantitative estimate of drug-likeness (QED) is 0.601. The summed E-state index contributed by atoms with van der Waals surface area (Å²) in [5, 5.41) is 9.98. The molecule has 1 saturated carbocycles. The van der Waals surface area contributed by atoms with Gasteiger partial charge in [-0.25, -0.2) is 0 Å². The molecule has 0 aromatic heterocycles. The van der Waals surface area contributed by atoms with E-state index in [1.54, 1.807) is 6.92 Å². The number of allylic oxidation sites excluding steroid dienone is 1. The number of ketones is 1. The maximum Gasteiger partial charge on any atom is 0.302 e. The molecule has 0 aliphatic heterocycles. The fraction of sp³-hybridized carbons (Fsp3) is 0.714. The van der Waals surface area contributed by atoms with Crippen LogP contribution in [0.3, 0.4) is 0 Å². The van der Waals surface area contributed by atoms with E-state index in [2.05, 4.69) is 6.58 Å². The molecule has 1 rings (SSSR count). The lowest BCUT2D eigenvalue weighted by Gasteiger charge is -2.32. The Bertz CT molecular complexity index is 335. The molecular formula is C14H22O4. The number of rotatable bonds is 5. The predicted molar refractivity (Wildman–Crippen MR) is 67.9 cm³/mol. The maximum absolute atomic E-state index is 11.6. The number of aliphatic hydroxyl groups is 1. The van der Waals surface area contributed by atoms with Crippen molar-refractivity contribution in [1.29, 1.82) is 0 Å². The molecule has 1 aliphatic carbocycles. The lowest BCUT2D eigenvalue weighted by Crippen LogP contribution is -2.33. The third-order valence-electron chi connectivity index (χ3n) is 3.52. The van der Waals surface area contributed by atoms with Crippen LogP contribution in [0.5, 0.6) is 0 Å². The molecule has 0 saturated heterocycles. The summed E-state index contributed by atoms with van der Waals surface area (Å²) >= 11 is 0. The zero-order valence-electron chi connectivity index (χ0n) is 11.1. The highest BCUT2D eigenvalue weighted by molar-refractivity contribution is 5.94. The van der Waals surface area contributed by atoms with E-state index in [-0.39, 0.29) is 30.2 Å². The summed E-state index contributed by atoms with van der Waals surface area (Å²) in [7, 11) is 0. The van der Waals surface area contributed by atoms with Crippen LogP contribution in [0.15, 0.2) is 12.2 Å². The Morgan fingerprint density at radius 3 is 2.50 bits per heavy atom.